The molecule has 1 aromatic rings. The summed E-state index contributed by atoms with van der Waals surface area (Å²) < 4.78 is 4.31. The summed E-state index contributed by atoms with van der Waals surface area (Å²) in [7, 11) is 0. The van der Waals surface area contributed by atoms with Gasteiger partial charge in [-0.1, -0.05) is 5.16 Å². The Morgan fingerprint density at radius 3 is 2.78 bits per heavy atom. The average Bonchev–Trinajstić information content (AvgIpc) is 2.14. The van der Waals surface area contributed by atoms with E-state index in [-0.39, 0.29) is 5.76 Å². The predicted molar refractivity (Wildman–Crippen MR) is 25.6 cm³/mol. The summed E-state index contributed by atoms with van der Waals surface area (Å²) in [4.78, 5) is 9.97. The summed E-state index contributed by atoms with van der Waals surface area (Å²) in [5, 5.41) is 13.3. The van der Waals surface area contributed by atoms with E-state index >= 15 is 0 Å². The van der Waals surface area contributed by atoms with Crippen LogP contribution in [0.25, 0.3) is 0 Å². The lowest BCUT2D eigenvalue weighted by Gasteiger charge is -1.89. The molecule has 4 nitrogen and oxygen atoms in total. The number of hydrogen-bond acceptors (Lipinski definition) is 4. The van der Waals surface area contributed by atoms with Crippen molar-refractivity contribution in [3.05, 3.63) is 17.5 Å². The van der Waals surface area contributed by atoms with E-state index in [4.69, 9.17) is 0 Å². The Morgan fingerprint density at radius 1 is 1.89 bits per heavy atom. The van der Waals surface area contributed by atoms with Crippen molar-refractivity contribution < 1.29 is 14.4 Å². The third-order valence-corrected chi connectivity index (χ3v) is 0.829. The second-order valence-corrected chi connectivity index (χ2v) is 1.62. The van der Waals surface area contributed by atoms with Crippen molar-refractivity contribution in [2.75, 3.05) is 0 Å². The normalized spacial score (nSPS) is 9.44. The largest absolute Gasteiger partial charge is 0.541 e. The first-order chi connectivity index (χ1) is 4.20. The Bertz CT molecular complexity index is 228. The molecule has 4 heteroatoms. The fraction of sp³-hybridized carbons (Fsp3) is 0.200. The summed E-state index contributed by atoms with van der Waals surface area (Å²) in [6, 6.07) is 1.30. The number of aromatic nitrogens is 1. The van der Waals surface area contributed by atoms with Crippen molar-refractivity contribution >= 4 is 5.97 Å². The van der Waals surface area contributed by atoms with Crippen LogP contribution in [0, 0.1) is 6.92 Å². The molecule has 1 rings (SSSR count). The standard InChI is InChI=1S/C5H5NO3/c1-3-2-4(5(7)8)9-6-3/h2H,1H3,(H,7,8)/p-1. The molecule has 9 heavy (non-hydrogen) atoms. The van der Waals surface area contributed by atoms with E-state index < -0.39 is 5.97 Å². The molecule has 48 valence electrons. The maximum absolute atomic E-state index is 9.97. The van der Waals surface area contributed by atoms with E-state index in [0.717, 1.165) is 0 Å². The molecule has 0 aliphatic heterocycles. The first-order valence-corrected chi connectivity index (χ1v) is 2.35. The highest BCUT2D eigenvalue weighted by Gasteiger charge is 1.98. The Labute approximate surface area is 51.1 Å². The third kappa shape index (κ3) is 1.07. The van der Waals surface area contributed by atoms with Gasteiger partial charge >= 0.3 is 0 Å². The zero-order valence-electron chi connectivity index (χ0n) is 4.75. The van der Waals surface area contributed by atoms with Crippen LogP contribution in [0.1, 0.15) is 16.2 Å². The van der Waals surface area contributed by atoms with Crippen LogP contribution < -0.4 is 5.11 Å². The van der Waals surface area contributed by atoms with Gasteiger partial charge < -0.3 is 14.4 Å². The lowest BCUT2D eigenvalue weighted by Crippen LogP contribution is -2.21. The number of aromatic carboxylic acids is 1. The topological polar surface area (TPSA) is 66.2 Å². The maximum atomic E-state index is 9.97. The molecule has 0 aliphatic carbocycles. The number of carbonyl (C=O) groups excluding carboxylic acids is 1. The van der Waals surface area contributed by atoms with Gasteiger partial charge in [0, 0.05) is 6.07 Å². The van der Waals surface area contributed by atoms with Crippen LogP contribution in [0.4, 0.5) is 0 Å². The van der Waals surface area contributed by atoms with E-state index in [2.05, 4.69) is 9.68 Å². The highest BCUT2D eigenvalue weighted by Crippen LogP contribution is 1.98. The van der Waals surface area contributed by atoms with Crippen molar-refractivity contribution in [3.8, 4) is 0 Å². The van der Waals surface area contributed by atoms with Gasteiger partial charge in [-0.25, -0.2) is 0 Å². The third-order valence-electron chi connectivity index (χ3n) is 0.829. The van der Waals surface area contributed by atoms with Crippen LogP contribution in [0.2, 0.25) is 0 Å². The zero-order valence-corrected chi connectivity index (χ0v) is 4.75. The van der Waals surface area contributed by atoms with E-state index in [0.29, 0.717) is 5.69 Å². The van der Waals surface area contributed by atoms with Crippen molar-refractivity contribution in [1.29, 1.82) is 0 Å². The minimum Gasteiger partial charge on any atom is -0.541 e. The van der Waals surface area contributed by atoms with Crippen molar-refractivity contribution in [1.82, 2.24) is 5.16 Å². The van der Waals surface area contributed by atoms with E-state index in [9.17, 15) is 9.90 Å². The van der Waals surface area contributed by atoms with Gasteiger partial charge in [-0.15, -0.1) is 0 Å². The first kappa shape index (κ1) is 5.81. The summed E-state index contributed by atoms with van der Waals surface area (Å²) >= 11 is 0. The SMILES string of the molecule is Cc1cc(C(=O)[O-])on1. The van der Waals surface area contributed by atoms with Gasteiger partial charge in [-0.2, -0.15) is 0 Å². The number of rotatable bonds is 1. The minimum atomic E-state index is -1.34. The van der Waals surface area contributed by atoms with Crippen LogP contribution in [0.15, 0.2) is 10.6 Å². The van der Waals surface area contributed by atoms with Gasteiger partial charge in [-0.05, 0) is 6.92 Å². The Balaban J connectivity index is 2.98. The molecule has 0 atom stereocenters. The number of carbonyl (C=O) groups is 1. The molecule has 0 aliphatic rings. The molecule has 1 heterocycles. The Morgan fingerprint density at radius 2 is 2.56 bits per heavy atom. The molecule has 1 aromatic heterocycles. The summed E-state index contributed by atoms with van der Waals surface area (Å²) in [6.07, 6.45) is 0. The molecule has 0 bridgehead atoms. The second-order valence-electron chi connectivity index (χ2n) is 1.62. The van der Waals surface area contributed by atoms with Crippen molar-refractivity contribution in [3.63, 3.8) is 0 Å². The minimum absolute atomic E-state index is 0.229. The lowest BCUT2D eigenvalue weighted by molar-refractivity contribution is -0.257. The summed E-state index contributed by atoms with van der Waals surface area (Å²) in [5.74, 6) is -1.57. The van der Waals surface area contributed by atoms with Gasteiger partial charge in [0.05, 0.1) is 5.69 Å². The molecule has 0 saturated carbocycles. The number of carboxylic acids is 1. The van der Waals surface area contributed by atoms with E-state index in [1.54, 1.807) is 6.92 Å². The molecular formula is C5H4NO3-. The van der Waals surface area contributed by atoms with Crippen LogP contribution in [-0.4, -0.2) is 11.1 Å². The fourth-order valence-corrected chi connectivity index (χ4v) is 0.460. The summed E-state index contributed by atoms with van der Waals surface area (Å²) in [5.41, 5.74) is 0.536. The van der Waals surface area contributed by atoms with Crippen LogP contribution >= 0.6 is 0 Å². The fourth-order valence-electron chi connectivity index (χ4n) is 0.460. The smallest absolute Gasteiger partial charge is 0.182 e. The highest BCUT2D eigenvalue weighted by molar-refractivity contribution is 5.82. The van der Waals surface area contributed by atoms with E-state index in [1.165, 1.54) is 6.07 Å². The maximum Gasteiger partial charge on any atom is 0.182 e. The van der Waals surface area contributed by atoms with Crippen LogP contribution in [-0.2, 0) is 0 Å². The number of aryl methyl sites for hydroxylation is 1. The van der Waals surface area contributed by atoms with Gasteiger partial charge in [0.1, 0.15) is 5.97 Å². The van der Waals surface area contributed by atoms with Gasteiger partial charge in [0.15, 0.2) is 5.76 Å². The molecule has 0 spiro atoms. The summed E-state index contributed by atoms with van der Waals surface area (Å²) in [6.45, 7) is 1.63. The molecule has 0 N–H and O–H groups in total. The number of hydrogen-bond donors (Lipinski definition) is 0. The molecule has 0 saturated heterocycles. The Kier molecular flexibility index (Phi) is 1.22. The number of nitrogens with zero attached hydrogens (tertiary/aromatic N) is 1. The quantitative estimate of drug-likeness (QED) is 0.501. The zero-order chi connectivity index (χ0) is 6.85. The molecule has 0 unspecified atom stereocenters. The van der Waals surface area contributed by atoms with Gasteiger partial charge in [0.25, 0.3) is 0 Å². The van der Waals surface area contributed by atoms with Crippen molar-refractivity contribution in [2.45, 2.75) is 6.92 Å². The second kappa shape index (κ2) is 1.89. The average molecular weight is 126 g/mol. The van der Waals surface area contributed by atoms with Crippen molar-refractivity contribution in [2.24, 2.45) is 0 Å². The highest BCUT2D eigenvalue weighted by atomic mass is 16.5. The molecular weight excluding hydrogens is 122 g/mol. The molecule has 0 amide bonds. The number of carboxylic acid groups (broad SMARTS) is 1. The molecule has 0 radical (unpaired) electrons. The Hall–Kier alpha value is -1.32. The lowest BCUT2D eigenvalue weighted by atomic mass is 10.4. The van der Waals surface area contributed by atoms with Crippen LogP contribution in [0.5, 0.6) is 0 Å². The monoisotopic (exact) mass is 126 g/mol. The van der Waals surface area contributed by atoms with Gasteiger partial charge in [0.2, 0.25) is 0 Å². The van der Waals surface area contributed by atoms with Gasteiger partial charge in [-0.3, -0.25) is 0 Å². The molecule has 0 aromatic carbocycles. The first-order valence-electron chi connectivity index (χ1n) is 2.35. The van der Waals surface area contributed by atoms with E-state index in [1.807, 2.05) is 0 Å². The van der Waals surface area contributed by atoms with Crippen LogP contribution in [0.3, 0.4) is 0 Å². The molecule has 0 fully saturated rings. The predicted octanol–water partition coefficient (Wildman–Crippen LogP) is -0.653.